The molecule has 5 nitrogen and oxygen atoms in total. The number of anilines is 1. The first-order valence-corrected chi connectivity index (χ1v) is 6.65. The van der Waals surface area contributed by atoms with Crippen LogP contribution in [0.5, 0.6) is 0 Å². The molecule has 102 valence electrons. The first kappa shape index (κ1) is 13.4. The maximum Gasteiger partial charge on any atom is 0.205 e. The SMILES string of the molecule is COCCCn1cc(C)nc1N1CC(C)C(N)C1. The Kier molecular flexibility index (Phi) is 4.24. The Morgan fingerprint density at radius 2 is 2.28 bits per heavy atom. The summed E-state index contributed by atoms with van der Waals surface area (Å²) in [6.45, 7) is 7.88. The van der Waals surface area contributed by atoms with E-state index in [0.29, 0.717) is 5.92 Å². The van der Waals surface area contributed by atoms with Crippen LogP contribution in [0.15, 0.2) is 6.20 Å². The van der Waals surface area contributed by atoms with Crippen molar-refractivity contribution in [2.24, 2.45) is 11.7 Å². The summed E-state index contributed by atoms with van der Waals surface area (Å²) in [6, 6.07) is 0.259. The van der Waals surface area contributed by atoms with Gasteiger partial charge in [0.2, 0.25) is 5.95 Å². The lowest BCUT2D eigenvalue weighted by Gasteiger charge is -2.18. The zero-order valence-corrected chi connectivity index (χ0v) is 11.6. The van der Waals surface area contributed by atoms with Crippen molar-refractivity contribution in [3.8, 4) is 0 Å². The third-order valence-corrected chi connectivity index (χ3v) is 3.58. The van der Waals surface area contributed by atoms with Crippen molar-refractivity contribution in [3.63, 3.8) is 0 Å². The van der Waals surface area contributed by atoms with Gasteiger partial charge < -0.3 is 19.9 Å². The molecule has 0 spiro atoms. The fraction of sp³-hybridized carbons (Fsp3) is 0.769. The molecule has 1 aliphatic heterocycles. The zero-order valence-electron chi connectivity index (χ0n) is 11.6. The lowest BCUT2D eigenvalue weighted by Crippen LogP contribution is -2.29. The predicted octanol–water partition coefficient (Wildman–Crippen LogP) is 1.01. The van der Waals surface area contributed by atoms with E-state index in [4.69, 9.17) is 10.5 Å². The standard InChI is InChI=1S/C13H24N4O/c1-10-7-17(9-12(10)14)13-15-11(2)8-16(13)5-4-6-18-3/h8,10,12H,4-7,9,14H2,1-3H3. The molecule has 2 heterocycles. The number of nitrogens with zero attached hydrogens (tertiary/aromatic N) is 3. The molecule has 2 unspecified atom stereocenters. The Bertz CT molecular complexity index is 380. The number of hydrogen-bond acceptors (Lipinski definition) is 4. The van der Waals surface area contributed by atoms with Crippen LogP contribution in [0, 0.1) is 12.8 Å². The van der Waals surface area contributed by atoms with Crippen LogP contribution in [-0.4, -0.2) is 42.4 Å². The van der Waals surface area contributed by atoms with Crippen molar-refractivity contribution in [1.29, 1.82) is 0 Å². The van der Waals surface area contributed by atoms with Crippen LogP contribution >= 0.6 is 0 Å². The third-order valence-electron chi connectivity index (χ3n) is 3.58. The highest BCUT2D eigenvalue weighted by molar-refractivity contribution is 5.36. The van der Waals surface area contributed by atoms with Crippen LogP contribution in [0.1, 0.15) is 19.0 Å². The van der Waals surface area contributed by atoms with E-state index in [2.05, 4.69) is 27.6 Å². The van der Waals surface area contributed by atoms with Gasteiger partial charge in [0.05, 0.1) is 5.69 Å². The summed E-state index contributed by atoms with van der Waals surface area (Å²) in [5.41, 5.74) is 7.15. The number of nitrogens with two attached hydrogens (primary N) is 1. The number of rotatable bonds is 5. The minimum absolute atomic E-state index is 0.259. The van der Waals surface area contributed by atoms with E-state index >= 15 is 0 Å². The highest BCUT2D eigenvalue weighted by Crippen LogP contribution is 2.22. The molecular weight excluding hydrogens is 228 g/mol. The second kappa shape index (κ2) is 5.71. The molecule has 1 aromatic heterocycles. The van der Waals surface area contributed by atoms with Crippen molar-refractivity contribution in [3.05, 3.63) is 11.9 Å². The van der Waals surface area contributed by atoms with Crippen LogP contribution < -0.4 is 10.6 Å². The van der Waals surface area contributed by atoms with Gasteiger partial charge >= 0.3 is 0 Å². The number of aryl methyl sites for hydroxylation is 2. The highest BCUT2D eigenvalue weighted by Gasteiger charge is 2.29. The average molecular weight is 252 g/mol. The molecule has 2 rings (SSSR count). The Hall–Kier alpha value is -1.07. The molecule has 0 aromatic carbocycles. The van der Waals surface area contributed by atoms with Gasteiger partial charge in [0.25, 0.3) is 0 Å². The molecule has 1 fully saturated rings. The van der Waals surface area contributed by atoms with Gasteiger partial charge in [0.1, 0.15) is 0 Å². The summed E-state index contributed by atoms with van der Waals surface area (Å²) >= 11 is 0. The summed E-state index contributed by atoms with van der Waals surface area (Å²) in [4.78, 5) is 6.93. The van der Waals surface area contributed by atoms with Gasteiger partial charge in [-0.25, -0.2) is 4.98 Å². The Labute approximate surface area is 109 Å². The van der Waals surface area contributed by atoms with Crippen LogP contribution in [0.25, 0.3) is 0 Å². The van der Waals surface area contributed by atoms with Crippen LogP contribution in [0.2, 0.25) is 0 Å². The van der Waals surface area contributed by atoms with Crippen molar-refractivity contribution in [1.82, 2.24) is 9.55 Å². The third kappa shape index (κ3) is 2.84. The molecule has 1 aliphatic rings. The Morgan fingerprint density at radius 1 is 1.50 bits per heavy atom. The molecule has 2 N–H and O–H groups in total. The molecule has 5 heteroatoms. The topological polar surface area (TPSA) is 56.3 Å². The van der Waals surface area contributed by atoms with Gasteiger partial charge in [-0.05, 0) is 19.3 Å². The number of methoxy groups -OCH3 is 1. The largest absolute Gasteiger partial charge is 0.385 e. The van der Waals surface area contributed by atoms with Crippen LogP contribution in [-0.2, 0) is 11.3 Å². The predicted molar refractivity (Wildman–Crippen MR) is 72.8 cm³/mol. The molecule has 0 aliphatic carbocycles. The summed E-state index contributed by atoms with van der Waals surface area (Å²) in [6.07, 6.45) is 3.12. The van der Waals surface area contributed by atoms with E-state index in [1.54, 1.807) is 7.11 Å². The molecule has 1 aromatic rings. The maximum absolute atomic E-state index is 6.09. The number of ether oxygens (including phenoxy) is 1. The van der Waals surface area contributed by atoms with Gasteiger partial charge in [0.15, 0.2) is 0 Å². The highest BCUT2D eigenvalue weighted by atomic mass is 16.5. The molecule has 0 radical (unpaired) electrons. The molecule has 1 saturated heterocycles. The normalized spacial score (nSPS) is 23.9. The Balaban J connectivity index is 2.07. The minimum atomic E-state index is 0.259. The molecule has 18 heavy (non-hydrogen) atoms. The fourth-order valence-corrected chi connectivity index (χ4v) is 2.49. The van der Waals surface area contributed by atoms with Crippen LogP contribution in [0.3, 0.4) is 0 Å². The molecule has 0 amide bonds. The molecular formula is C13H24N4O. The fourth-order valence-electron chi connectivity index (χ4n) is 2.49. The minimum Gasteiger partial charge on any atom is -0.385 e. The molecule has 2 atom stereocenters. The Morgan fingerprint density at radius 3 is 2.89 bits per heavy atom. The van der Waals surface area contributed by atoms with E-state index in [1.807, 2.05) is 6.92 Å². The first-order valence-electron chi connectivity index (χ1n) is 6.65. The van der Waals surface area contributed by atoms with E-state index < -0.39 is 0 Å². The molecule has 0 bridgehead atoms. The van der Waals surface area contributed by atoms with Crippen molar-refractivity contribution < 1.29 is 4.74 Å². The lowest BCUT2D eigenvalue weighted by atomic mass is 10.1. The quantitative estimate of drug-likeness (QED) is 0.795. The van der Waals surface area contributed by atoms with Crippen molar-refractivity contribution >= 4 is 5.95 Å². The number of hydrogen-bond donors (Lipinski definition) is 1. The number of imidazole rings is 1. The van der Waals surface area contributed by atoms with Gasteiger partial charge in [-0.3, -0.25) is 0 Å². The van der Waals surface area contributed by atoms with E-state index in [9.17, 15) is 0 Å². The van der Waals surface area contributed by atoms with Gasteiger partial charge in [-0.2, -0.15) is 0 Å². The number of aromatic nitrogens is 2. The first-order chi connectivity index (χ1) is 8.61. The summed E-state index contributed by atoms with van der Waals surface area (Å²) < 4.78 is 7.32. The smallest absolute Gasteiger partial charge is 0.205 e. The van der Waals surface area contributed by atoms with Gasteiger partial charge in [-0.15, -0.1) is 0 Å². The van der Waals surface area contributed by atoms with E-state index in [0.717, 1.165) is 44.3 Å². The van der Waals surface area contributed by atoms with Gasteiger partial charge in [-0.1, -0.05) is 6.92 Å². The second-order valence-electron chi connectivity index (χ2n) is 5.27. The molecule has 0 saturated carbocycles. The van der Waals surface area contributed by atoms with E-state index in [1.165, 1.54) is 0 Å². The second-order valence-corrected chi connectivity index (χ2v) is 5.27. The summed E-state index contributed by atoms with van der Waals surface area (Å²) in [5.74, 6) is 1.60. The summed E-state index contributed by atoms with van der Waals surface area (Å²) in [5, 5.41) is 0. The van der Waals surface area contributed by atoms with Crippen molar-refractivity contribution in [2.75, 3.05) is 31.7 Å². The lowest BCUT2D eigenvalue weighted by molar-refractivity contribution is 0.190. The summed E-state index contributed by atoms with van der Waals surface area (Å²) in [7, 11) is 1.74. The maximum atomic E-state index is 6.09. The van der Waals surface area contributed by atoms with E-state index in [-0.39, 0.29) is 6.04 Å². The monoisotopic (exact) mass is 252 g/mol. The average Bonchev–Trinajstić information content (AvgIpc) is 2.84. The van der Waals surface area contributed by atoms with Crippen LogP contribution in [0.4, 0.5) is 5.95 Å². The zero-order chi connectivity index (χ0) is 13.1. The van der Waals surface area contributed by atoms with Gasteiger partial charge in [0, 0.05) is 45.6 Å². The van der Waals surface area contributed by atoms with Crippen molar-refractivity contribution in [2.45, 2.75) is 32.9 Å².